The van der Waals surface area contributed by atoms with E-state index in [1.807, 2.05) is 0 Å². The standard InChI is InChI=1S/C13H15ClN2O3/c14-11-8-10(2-4-15-11)12(17)16-5-1-3-13(9-16)18-6-7-19-13/h2,4,8H,1,3,5-7,9H2. The van der Waals surface area contributed by atoms with Gasteiger partial charge in [-0.2, -0.15) is 0 Å². The van der Waals surface area contributed by atoms with Crippen molar-refractivity contribution >= 4 is 17.5 Å². The predicted molar refractivity (Wildman–Crippen MR) is 69.0 cm³/mol. The molecule has 6 heteroatoms. The van der Waals surface area contributed by atoms with Crippen LogP contribution in [0, 0.1) is 0 Å². The molecule has 0 radical (unpaired) electrons. The highest BCUT2D eigenvalue weighted by Gasteiger charge is 2.42. The van der Waals surface area contributed by atoms with E-state index < -0.39 is 5.79 Å². The molecule has 3 rings (SSSR count). The highest BCUT2D eigenvalue weighted by atomic mass is 35.5. The van der Waals surface area contributed by atoms with Crippen molar-refractivity contribution < 1.29 is 14.3 Å². The molecule has 0 bridgehead atoms. The Labute approximate surface area is 116 Å². The van der Waals surface area contributed by atoms with Gasteiger partial charge in [-0.15, -0.1) is 0 Å². The topological polar surface area (TPSA) is 51.7 Å². The van der Waals surface area contributed by atoms with Gasteiger partial charge in [-0.3, -0.25) is 4.79 Å². The number of hydrogen-bond acceptors (Lipinski definition) is 4. The number of carbonyl (C=O) groups excluding carboxylic acids is 1. The van der Waals surface area contributed by atoms with Crippen LogP contribution >= 0.6 is 11.6 Å². The van der Waals surface area contributed by atoms with E-state index in [0.29, 0.717) is 37.0 Å². The van der Waals surface area contributed by atoms with Crippen LogP contribution in [0.15, 0.2) is 18.3 Å². The number of ether oxygens (including phenoxy) is 2. The first-order valence-electron chi connectivity index (χ1n) is 6.37. The molecule has 2 aliphatic rings. The van der Waals surface area contributed by atoms with Crippen molar-refractivity contribution in [3.8, 4) is 0 Å². The van der Waals surface area contributed by atoms with Crippen LogP contribution in [-0.2, 0) is 9.47 Å². The van der Waals surface area contributed by atoms with Gasteiger partial charge in [0.25, 0.3) is 5.91 Å². The second-order valence-electron chi connectivity index (χ2n) is 4.81. The Bertz CT molecular complexity index is 489. The van der Waals surface area contributed by atoms with Crippen LogP contribution in [0.2, 0.25) is 5.15 Å². The number of carbonyl (C=O) groups is 1. The molecule has 1 spiro atoms. The summed E-state index contributed by atoms with van der Waals surface area (Å²) in [6.07, 6.45) is 3.26. The molecule has 1 amide bonds. The van der Waals surface area contributed by atoms with Gasteiger partial charge in [0.1, 0.15) is 5.15 Å². The number of rotatable bonds is 1. The zero-order valence-corrected chi connectivity index (χ0v) is 11.2. The minimum atomic E-state index is -0.593. The number of hydrogen-bond donors (Lipinski definition) is 0. The molecule has 19 heavy (non-hydrogen) atoms. The number of piperidine rings is 1. The number of pyridine rings is 1. The Kier molecular flexibility index (Phi) is 3.43. The first-order chi connectivity index (χ1) is 9.19. The minimum Gasteiger partial charge on any atom is -0.346 e. The van der Waals surface area contributed by atoms with Crippen molar-refractivity contribution in [2.75, 3.05) is 26.3 Å². The van der Waals surface area contributed by atoms with E-state index in [4.69, 9.17) is 21.1 Å². The van der Waals surface area contributed by atoms with Gasteiger partial charge >= 0.3 is 0 Å². The molecular formula is C13H15ClN2O3. The lowest BCUT2D eigenvalue weighted by molar-refractivity contribution is -0.183. The van der Waals surface area contributed by atoms with Gasteiger partial charge in [0.2, 0.25) is 0 Å². The first kappa shape index (κ1) is 12.8. The Hall–Kier alpha value is -1.17. The summed E-state index contributed by atoms with van der Waals surface area (Å²) in [6.45, 7) is 2.39. The number of nitrogens with zero attached hydrogens (tertiary/aromatic N) is 2. The molecule has 102 valence electrons. The number of halogens is 1. The lowest BCUT2D eigenvalue weighted by Gasteiger charge is -2.38. The van der Waals surface area contributed by atoms with Crippen molar-refractivity contribution in [1.82, 2.24) is 9.88 Å². The van der Waals surface area contributed by atoms with E-state index in [2.05, 4.69) is 4.98 Å². The molecule has 2 fully saturated rings. The number of aromatic nitrogens is 1. The molecule has 2 saturated heterocycles. The van der Waals surface area contributed by atoms with Crippen LogP contribution in [0.1, 0.15) is 23.2 Å². The lowest BCUT2D eigenvalue weighted by atomic mass is 10.0. The third-order valence-corrected chi connectivity index (χ3v) is 3.70. The molecule has 0 unspecified atom stereocenters. The van der Waals surface area contributed by atoms with E-state index >= 15 is 0 Å². The van der Waals surface area contributed by atoms with Crippen LogP contribution in [0.5, 0.6) is 0 Å². The molecule has 0 saturated carbocycles. The Morgan fingerprint density at radius 3 is 2.95 bits per heavy atom. The number of likely N-dealkylation sites (tertiary alicyclic amines) is 1. The monoisotopic (exact) mass is 282 g/mol. The molecule has 0 atom stereocenters. The molecule has 1 aromatic rings. The van der Waals surface area contributed by atoms with Crippen molar-refractivity contribution in [2.45, 2.75) is 18.6 Å². The SMILES string of the molecule is O=C(c1ccnc(Cl)c1)N1CCCC2(C1)OCCO2. The molecule has 1 aromatic heterocycles. The third kappa shape index (κ3) is 2.59. The average Bonchev–Trinajstić information content (AvgIpc) is 2.86. The second-order valence-corrected chi connectivity index (χ2v) is 5.19. The quantitative estimate of drug-likeness (QED) is 0.736. The zero-order valence-electron chi connectivity index (χ0n) is 10.5. The molecular weight excluding hydrogens is 268 g/mol. The predicted octanol–water partition coefficient (Wildman–Crippen LogP) is 1.71. The average molecular weight is 283 g/mol. The highest BCUT2D eigenvalue weighted by molar-refractivity contribution is 6.29. The molecule has 0 aromatic carbocycles. The highest BCUT2D eigenvalue weighted by Crippen LogP contribution is 2.30. The summed E-state index contributed by atoms with van der Waals surface area (Å²) in [7, 11) is 0. The van der Waals surface area contributed by atoms with Gasteiger partial charge in [0.15, 0.2) is 5.79 Å². The fourth-order valence-corrected chi connectivity index (χ4v) is 2.79. The Morgan fingerprint density at radius 2 is 2.21 bits per heavy atom. The van der Waals surface area contributed by atoms with Gasteiger partial charge in [-0.1, -0.05) is 11.6 Å². The molecule has 0 aliphatic carbocycles. The summed E-state index contributed by atoms with van der Waals surface area (Å²) in [4.78, 5) is 18.1. The normalized spacial score (nSPS) is 21.8. The molecule has 3 heterocycles. The van der Waals surface area contributed by atoms with Gasteiger partial charge < -0.3 is 14.4 Å². The Morgan fingerprint density at radius 1 is 1.42 bits per heavy atom. The largest absolute Gasteiger partial charge is 0.346 e. The van der Waals surface area contributed by atoms with Crippen LogP contribution in [0.25, 0.3) is 0 Å². The maximum absolute atomic E-state index is 12.4. The van der Waals surface area contributed by atoms with Crippen LogP contribution < -0.4 is 0 Å². The fourth-order valence-electron chi connectivity index (χ4n) is 2.61. The van der Waals surface area contributed by atoms with Gasteiger partial charge in [0, 0.05) is 24.7 Å². The van der Waals surface area contributed by atoms with Gasteiger partial charge in [-0.25, -0.2) is 4.98 Å². The molecule has 5 nitrogen and oxygen atoms in total. The fraction of sp³-hybridized carbons (Fsp3) is 0.538. The van der Waals surface area contributed by atoms with Gasteiger partial charge in [0.05, 0.1) is 19.8 Å². The van der Waals surface area contributed by atoms with E-state index in [-0.39, 0.29) is 5.91 Å². The second kappa shape index (κ2) is 5.07. The maximum atomic E-state index is 12.4. The maximum Gasteiger partial charge on any atom is 0.254 e. The smallest absolute Gasteiger partial charge is 0.254 e. The first-order valence-corrected chi connectivity index (χ1v) is 6.75. The summed E-state index contributed by atoms with van der Waals surface area (Å²) in [5, 5.41) is 0.325. The summed E-state index contributed by atoms with van der Waals surface area (Å²) in [5.74, 6) is -0.646. The summed E-state index contributed by atoms with van der Waals surface area (Å²) >= 11 is 5.82. The summed E-state index contributed by atoms with van der Waals surface area (Å²) in [5.41, 5.74) is 0.551. The van der Waals surface area contributed by atoms with Crippen molar-refractivity contribution in [1.29, 1.82) is 0 Å². The molecule has 2 aliphatic heterocycles. The Balaban J connectivity index is 1.76. The minimum absolute atomic E-state index is 0.0533. The van der Waals surface area contributed by atoms with Crippen LogP contribution in [0.4, 0.5) is 0 Å². The van der Waals surface area contributed by atoms with E-state index in [9.17, 15) is 4.79 Å². The summed E-state index contributed by atoms with van der Waals surface area (Å²) in [6, 6.07) is 3.26. The van der Waals surface area contributed by atoms with Crippen LogP contribution in [0.3, 0.4) is 0 Å². The zero-order chi connectivity index (χ0) is 13.3. The third-order valence-electron chi connectivity index (χ3n) is 3.49. The van der Waals surface area contributed by atoms with Crippen molar-refractivity contribution in [3.05, 3.63) is 29.0 Å². The van der Waals surface area contributed by atoms with E-state index in [0.717, 1.165) is 12.8 Å². The number of amides is 1. The van der Waals surface area contributed by atoms with Crippen molar-refractivity contribution in [2.24, 2.45) is 0 Å². The van der Waals surface area contributed by atoms with E-state index in [1.165, 1.54) is 6.20 Å². The summed E-state index contributed by atoms with van der Waals surface area (Å²) < 4.78 is 11.3. The van der Waals surface area contributed by atoms with Crippen molar-refractivity contribution in [3.63, 3.8) is 0 Å². The lowest BCUT2D eigenvalue weighted by Crippen LogP contribution is -2.51. The van der Waals surface area contributed by atoms with Gasteiger partial charge in [-0.05, 0) is 18.6 Å². The van der Waals surface area contributed by atoms with E-state index in [1.54, 1.807) is 17.0 Å². The molecule has 0 N–H and O–H groups in total. The van der Waals surface area contributed by atoms with Crippen LogP contribution in [-0.4, -0.2) is 47.9 Å².